The zero-order chi connectivity index (χ0) is 25.3. The van der Waals surface area contributed by atoms with Crippen molar-refractivity contribution in [1.82, 2.24) is 10.3 Å². The minimum absolute atomic E-state index is 0.0405. The third-order valence-electron chi connectivity index (χ3n) is 5.86. The minimum atomic E-state index is -3.17. The Balaban J connectivity index is 1.44. The van der Waals surface area contributed by atoms with Crippen LogP contribution in [0.1, 0.15) is 6.92 Å². The molecule has 2 saturated heterocycles. The summed E-state index contributed by atoms with van der Waals surface area (Å²) in [5, 5.41) is 1.99. The number of pyridine rings is 1. The van der Waals surface area contributed by atoms with Gasteiger partial charge in [-0.1, -0.05) is 0 Å². The van der Waals surface area contributed by atoms with Crippen LogP contribution < -0.4 is 15.1 Å². The number of ether oxygens (including phenoxy) is 1. The number of rotatable bonds is 6. The summed E-state index contributed by atoms with van der Waals surface area (Å²) in [6.07, 6.45) is -3.31. The molecule has 0 spiro atoms. The molecular weight excluding hydrogens is 489 g/mol. The van der Waals surface area contributed by atoms with Gasteiger partial charge in [0.2, 0.25) is 0 Å². The Hall–Kier alpha value is -3.35. The second-order valence-corrected chi connectivity index (χ2v) is 10.6. The Morgan fingerprint density at radius 3 is 2.69 bits per heavy atom. The van der Waals surface area contributed by atoms with Crippen molar-refractivity contribution in [3.63, 3.8) is 0 Å². The van der Waals surface area contributed by atoms with Gasteiger partial charge >= 0.3 is 12.5 Å². The van der Waals surface area contributed by atoms with Gasteiger partial charge in [0.05, 0.1) is 30.3 Å². The van der Waals surface area contributed by atoms with Gasteiger partial charge in [-0.05, 0) is 37.3 Å². The predicted octanol–water partition coefficient (Wildman–Crippen LogP) is 2.22. The molecule has 2 aliphatic rings. The summed E-state index contributed by atoms with van der Waals surface area (Å²) in [4.78, 5) is 30.6. The highest BCUT2D eigenvalue weighted by Crippen LogP contribution is 2.30. The van der Waals surface area contributed by atoms with Crippen LogP contribution in [0.3, 0.4) is 0 Å². The largest absolute Gasteiger partial charge is 0.442 e. The summed E-state index contributed by atoms with van der Waals surface area (Å²) in [7, 11) is -3.06. The van der Waals surface area contributed by atoms with Crippen LogP contribution in [0.15, 0.2) is 36.5 Å². The number of anilines is 2. The molecule has 35 heavy (non-hydrogen) atoms. The van der Waals surface area contributed by atoms with E-state index in [0.29, 0.717) is 17.9 Å². The van der Waals surface area contributed by atoms with Crippen LogP contribution in [-0.4, -0.2) is 75.1 Å². The molecule has 13 heteroatoms. The number of amides is 2. The van der Waals surface area contributed by atoms with Crippen LogP contribution in [0.25, 0.3) is 11.1 Å². The fourth-order valence-electron chi connectivity index (χ4n) is 4.09. The summed E-state index contributed by atoms with van der Waals surface area (Å²) in [5.41, 5.74) is 0.953. The number of aromatic nitrogens is 1. The number of alkyl halides is 2. The molecule has 9 nitrogen and oxygen atoms in total. The first-order valence-electron chi connectivity index (χ1n) is 10.8. The van der Waals surface area contributed by atoms with Gasteiger partial charge < -0.3 is 15.0 Å². The van der Waals surface area contributed by atoms with Crippen molar-refractivity contribution in [2.45, 2.75) is 25.5 Å². The smallest absolute Gasteiger partial charge is 0.414 e. The van der Waals surface area contributed by atoms with E-state index in [4.69, 9.17) is 4.74 Å². The number of hydrogen-bond donors (Lipinski definition) is 1. The van der Waals surface area contributed by atoms with Gasteiger partial charge in [0.15, 0.2) is 9.84 Å². The van der Waals surface area contributed by atoms with E-state index in [0.717, 1.165) is 11.0 Å². The maximum atomic E-state index is 14.9. The van der Waals surface area contributed by atoms with E-state index in [9.17, 15) is 31.2 Å². The minimum Gasteiger partial charge on any atom is -0.442 e. The number of nitrogens with one attached hydrogen (secondary N) is 1. The molecule has 2 atom stereocenters. The number of cyclic esters (lactones) is 1. The van der Waals surface area contributed by atoms with Crippen molar-refractivity contribution in [2.75, 3.05) is 40.9 Å². The number of hydrogen-bond acceptors (Lipinski definition) is 7. The molecule has 2 aliphatic heterocycles. The number of carbonyl (C=O) groups is 2. The SMILES string of the molecule is CC1CS(=O)(=O)CCN1c1ccc(-c2ccc(N3CC(CNC(=O)C(F)F)OC3=O)cc2F)cn1. The van der Waals surface area contributed by atoms with Crippen molar-refractivity contribution < 1.29 is 35.9 Å². The zero-order valence-corrected chi connectivity index (χ0v) is 19.5. The highest BCUT2D eigenvalue weighted by Gasteiger charge is 2.33. The molecule has 3 heterocycles. The van der Waals surface area contributed by atoms with E-state index >= 15 is 0 Å². The summed E-state index contributed by atoms with van der Waals surface area (Å²) in [5.74, 6) is -1.39. The Labute approximate surface area is 199 Å². The Morgan fingerprint density at radius 2 is 2.06 bits per heavy atom. The lowest BCUT2D eigenvalue weighted by Crippen LogP contribution is -2.47. The molecule has 2 aromatic rings. The molecule has 0 saturated carbocycles. The standard InChI is InChI=1S/C22H23F3N4O5S/c1-13-12-35(32,33)7-6-28(13)19-5-2-14(9-26-19)17-4-3-15(8-18(17)23)29-11-16(34-22(29)31)10-27-21(30)20(24)25/h2-5,8-9,13,16,20H,6-7,10-12H2,1H3,(H,27,30). The third kappa shape index (κ3) is 5.50. The van der Waals surface area contributed by atoms with Gasteiger partial charge in [0.1, 0.15) is 17.7 Å². The summed E-state index contributed by atoms with van der Waals surface area (Å²) >= 11 is 0. The molecule has 0 aliphatic carbocycles. The van der Waals surface area contributed by atoms with Gasteiger partial charge in [-0.25, -0.2) is 22.6 Å². The second kappa shape index (κ2) is 9.72. The van der Waals surface area contributed by atoms with E-state index in [1.165, 1.54) is 18.3 Å². The number of halogens is 3. The lowest BCUT2D eigenvalue weighted by molar-refractivity contribution is -0.132. The van der Waals surface area contributed by atoms with Crippen molar-refractivity contribution in [2.24, 2.45) is 0 Å². The second-order valence-electron chi connectivity index (χ2n) is 8.39. The van der Waals surface area contributed by atoms with Crippen molar-refractivity contribution >= 4 is 33.3 Å². The highest BCUT2D eigenvalue weighted by atomic mass is 32.2. The average Bonchev–Trinajstić information content (AvgIpc) is 3.17. The van der Waals surface area contributed by atoms with E-state index in [-0.39, 0.29) is 41.9 Å². The molecular formula is C22H23F3N4O5S. The Morgan fingerprint density at radius 1 is 1.29 bits per heavy atom. The maximum Gasteiger partial charge on any atom is 0.414 e. The predicted molar refractivity (Wildman–Crippen MR) is 122 cm³/mol. The van der Waals surface area contributed by atoms with Gasteiger partial charge in [-0.3, -0.25) is 9.69 Å². The van der Waals surface area contributed by atoms with Crippen molar-refractivity contribution in [3.05, 3.63) is 42.3 Å². The van der Waals surface area contributed by atoms with Gasteiger partial charge in [0, 0.05) is 29.9 Å². The van der Waals surface area contributed by atoms with E-state index in [1.54, 1.807) is 12.1 Å². The quantitative estimate of drug-likeness (QED) is 0.632. The van der Waals surface area contributed by atoms with Crippen LogP contribution in [0.2, 0.25) is 0 Å². The van der Waals surface area contributed by atoms with Gasteiger partial charge in [-0.15, -0.1) is 0 Å². The monoisotopic (exact) mass is 512 g/mol. The fraction of sp³-hybridized carbons (Fsp3) is 0.409. The lowest BCUT2D eigenvalue weighted by Gasteiger charge is -2.34. The first-order chi connectivity index (χ1) is 16.5. The molecule has 4 rings (SSSR count). The maximum absolute atomic E-state index is 14.9. The van der Waals surface area contributed by atoms with Crippen molar-refractivity contribution in [1.29, 1.82) is 0 Å². The van der Waals surface area contributed by atoms with Crippen LogP contribution in [-0.2, 0) is 19.4 Å². The first-order valence-corrected chi connectivity index (χ1v) is 12.6. The zero-order valence-electron chi connectivity index (χ0n) is 18.7. The number of nitrogens with zero attached hydrogens (tertiary/aromatic N) is 3. The first kappa shape index (κ1) is 24.8. The molecule has 0 bridgehead atoms. The number of sulfone groups is 1. The molecule has 2 amide bonds. The normalized spacial score (nSPS) is 21.8. The highest BCUT2D eigenvalue weighted by molar-refractivity contribution is 7.91. The summed E-state index contributed by atoms with van der Waals surface area (Å²) in [6, 6.07) is 7.32. The van der Waals surface area contributed by atoms with Crippen molar-refractivity contribution in [3.8, 4) is 11.1 Å². The molecule has 1 aromatic carbocycles. The van der Waals surface area contributed by atoms with Crippen LogP contribution >= 0.6 is 0 Å². The third-order valence-corrected chi connectivity index (χ3v) is 7.66. The molecule has 1 N–H and O–H groups in total. The van der Waals surface area contributed by atoms with Crippen LogP contribution in [0, 0.1) is 5.82 Å². The Bertz CT molecular complexity index is 1230. The molecule has 188 valence electrons. The fourth-order valence-corrected chi connectivity index (χ4v) is 5.65. The van der Waals surface area contributed by atoms with Crippen LogP contribution in [0.5, 0.6) is 0 Å². The van der Waals surface area contributed by atoms with E-state index in [2.05, 4.69) is 4.98 Å². The summed E-state index contributed by atoms with van der Waals surface area (Å²) in [6.45, 7) is 1.82. The molecule has 2 unspecified atom stereocenters. The Kier molecular flexibility index (Phi) is 6.88. The molecule has 2 fully saturated rings. The van der Waals surface area contributed by atoms with E-state index < -0.39 is 40.2 Å². The number of benzene rings is 1. The van der Waals surface area contributed by atoms with E-state index in [1.807, 2.05) is 17.1 Å². The topological polar surface area (TPSA) is 109 Å². The lowest BCUT2D eigenvalue weighted by atomic mass is 10.1. The number of carbonyl (C=O) groups excluding carboxylic acids is 2. The van der Waals surface area contributed by atoms with Gasteiger partial charge in [0.25, 0.3) is 5.91 Å². The van der Waals surface area contributed by atoms with Gasteiger partial charge in [-0.2, -0.15) is 8.78 Å². The molecule has 0 radical (unpaired) electrons. The average molecular weight is 513 g/mol. The molecule has 1 aromatic heterocycles. The summed E-state index contributed by atoms with van der Waals surface area (Å²) < 4.78 is 68.2. The van der Waals surface area contributed by atoms with Crippen LogP contribution in [0.4, 0.5) is 29.5 Å².